The molecule has 2 aromatic rings. The number of fused-ring (bicyclic) bond motifs is 1. The van der Waals surface area contributed by atoms with Crippen LogP contribution in [0.2, 0.25) is 0 Å². The minimum atomic E-state index is -4.13. The Morgan fingerprint density at radius 3 is 2.62 bits per heavy atom. The molecule has 1 unspecified atom stereocenters. The number of benzene rings is 2. The number of nitrogens with zero attached hydrogens (tertiary/aromatic N) is 1. The summed E-state index contributed by atoms with van der Waals surface area (Å²) in [7, 11) is 0. The molecule has 0 amide bonds. The highest BCUT2D eigenvalue weighted by molar-refractivity contribution is 5.40. The van der Waals surface area contributed by atoms with Crippen LogP contribution in [0.25, 0.3) is 0 Å². The number of halogens is 3. The normalized spacial score (nSPS) is 17.0. The Bertz CT molecular complexity index is 794. The first-order valence-electron chi connectivity index (χ1n) is 9.68. The van der Waals surface area contributed by atoms with E-state index in [1.807, 2.05) is 41.3 Å². The zero-order valence-electron chi connectivity index (χ0n) is 16.4. The maximum Gasteiger partial charge on any atom is 0.389 e. The van der Waals surface area contributed by atoms with Crippen molar-refractivity contribution in [1.29, 1.82) is 0 Å². The second-order valence-corrected chi connectivity index (χ2v) is 7.54. The van der Waals surface area contributed by atoms with E-state index in [0.29, 0.717) is 43.3 Å². The highest BCUT2D eigenvalue weighted by Gasteiger charge is 2.28. The molecule has 1 atom stereocenters. The van der Waals surface area contributed by atoms with Crippen molar-refractivity contribution >= 4 is 0 Å². The number of rotatable bonds is 7. The molecule has 0 saturated carbocycles. The van der Waals surface area contributed by atoms with Crippen LogP contribution >= 0.6 is 0 Å². The van der Waals surface area contributed by atoms with Gasteiger partial charge in [0.2, 0.25) is 0 Å². The predicted octanol–water partition coefficient (Wildman–Crippen LogP) is 4.51. The lowest BCUT2D eigenvalue weighted by molar-refractivity contribution is -0.136. The first-order valence-corrected chi connectivity index (χ1v) is 9.68. The van der Waals surface area contributed by atoms with Crippen LogP contribution in [0.3, 0.4) is 0 Å². The van der Waals surface area contributed by atoms with E-state index in [2.05, 4.69) is 0 Å². The van der Waals surface area contributed by atoms with Gasteiger partial charge in [0.25, 0.3) is 0 Å². The van der Waals surface area contributed by atoms with Crippen molar-refractivity contribution < 1.29 is 27.8 Å². The van der Waals surface area contributed by atoms with E-state index in [0.717, 1.165) is 5.56 Å². The van der Waals surface area contributed by atoms with Gasteiger partial charge in [-0.15, -0.1) is 0 Å². The Morgan fingerprint density at radius 1 is 1.14 bits per heavy atom. The lowest BCUT2D eigenvalue weighted by atomic mass is 9.94. The van der Waals surface area contributed by atoms with E-state index in [1.54, 1.807) is 19.1 Å². The Labute approximate surface area is 168 Å². The van der Waals surface area contributed by atoms with Crippen LogP contribution in [0.4, 0.5) is 13.2 Å². The number of hydrogen-bond donors (Lipinski definition) is 1. The molecule has 2 aromatic carbocycles. The molecule has 0 aromatic heterocycles. The minimum absolute atomic E-state index is 0.0567. The molecule has 0 radical (unpaired) electrons. The van der Waals surface area contributed by atoms with Crippen molar-refractivity contribution in [2.24, 2.45) is 0 Å². The summed E-state index contributed by atoms with van der Waals surface area (Å²) in [5, 5.41) is 10.9. The minimum Gasteiger partial charge on any atom is -0.492 e. The summed E-state index contributed by atoms with van der Waals surface area (Å²) < 4.78 is 48.7. The average molecular weight is 409 g/mol. The molecule has 3 rings (SSSR count). The molecule has 158 valence electrons. The van der Waals surface area contributed by atoms with E-state index >= 15 is 0 Å². The van der Waals surface area contributed by atoms with Gasteiger partial charge in [-0.3, -0.25) is 4.90 Å². The first-order chi connectivity index (χ1) is 13.7. The summed E-state index contributed by atoms with van der Waals surface area (Å²) in [6, 6.07) is 14.7. The highest BCUT2D eigenvalue weighted by atomic mass is 19.4. The molecule has 1 N–H and O–H groups in total. The maximum absolute atomic E-state index is 12.4. The molecule has 1 heterocycles. The third kappa shape index (κ3) is 6.37. The number of ether oxygens (including phenoxy) is 2. The van der Waals surface area contributed by atoms with Gasteiger partial charge in [-0.1, -0.05) is 24.3 Å². The molecule has 4 nitrogen and oxygen atoms in total. The van der Waals surface area contributed by atoms with Crippen LogP contribution in [0.15, 0.2) is 48.5 Å². The lowest BCUT2D eigenvalue weighted by Crippen LogP contribution is -2.30. The van der Waals surface area contributed by atoms with Gasteiger partial charge in [-0.05, 0) is 49.7 Å². The SMILES string of the molecule is CC(O)(COc1ccccc1)c1ccc2c(c1)CN(CCCC(F)(F)F)CCO2. The fourth-order valence-corrected chi connectivity index (χ4v) is 3.30. The van der Waals surface area contributed by atoms with Crippen LogP contribution in [0.1, 0.15) is 30.9 Å². The largest absolute Gasteiger partial charge is 0.492 e. The van der Waals surface area contributed by atoms with E-state index in [9.17, 15) is 18.3 Å². The average Bonchev–Trinajstić information content (AvgIpc) is 2.87. The molecule has 7 heteroatoms. The molecule has 0 fully saturated rings. The van der Waals surface area contributed by atoms with Crippen molar-refractivity contribution in [3.63, 3.8) is 0 Å². The van der Waals surface area contributed by atoms with Crippen molar-refractivity contribution in [3.05, 3.63) is 59.7 Å². The topological polar surface area (TPSA) is 41.9 Å². The quantitative estimate of drug-likeness (QED) is 0.731. The zero-order valence-corrected chi connectivity index (χ0v) is 16.4. The summed E-state index contributed by atoms with van der Waals surface area (Å²) in [6.45, 7) is 3.57. The fraction of sp³-hybridized carbons (Fsp3) is 0.455. The van der Waals surface area contributed by atoms with Gasteiger partial charge in [0, 0.05) is 25.1 Å². The molecule has 1 aliphatic rings. The molecule has 1 aliphatic heterocycles. The summed E-state index contributed by atoms with van der Waals surface area (Å²) in [6.07, 6.45) is -4.87. The van der Waals surface area contributed by atoms with Gasteiger partial charge in [0.15, 0.2) is 0 Å². The van der Waals surface area contributed by atoms with Crippen LogP contribution < -0.4 is 9.47 Å². The van der Waals surface area contributed by atoms with E-state index < -0.39 is 18.2 Å². The fourth-order valence-electron chi connectivity index (χ4n) is 3.30. The van der Waals surface area contributed by atoms with Gasteiger partial charge >= 0.3 is 6.18 Å². The predicted molar refractivity (Wildman–Crippen MR) is 104 cm³/mol. The molecule has 0 bridgehead atoms. The highest BCUT2D eigenvalue weighted by Crippen LogP contribution is 2.30. The van der Waals surface area contributed by atoms with Crippen LogP contribution in [-0.2, 0) is 12.1 Å². The summed E-state index contributed by atoms with van der Waals surface area (Å²) in [5.41, 5.74) is 0.304. The van der Waals surface area contributed by atoms with E-state index in [-0.39, 0.29) is 13.0 Å². The summed E-state index contributed by atoms with van der Waals surface area (Å²) in [4.78, 5) is 1.95. The standard InChI is InChI=1S/C22H26F3NO3/c1-21(27,16-29-19-6-3-2-4-7-19)18-8-9-20-17(14-18)15-26(12-13-28-20)11-5-10-22(23,24)25/h2-4,6-9,14,27H,5,10-13,15-16H2,1H3. The van der Waals surface area contributed by atoms with E-state index in [1.165, 1.54) is 0 Å². The van der Waals surface area contributed by atoms with Crippen molar-refractivity contribution in [2.45, 2.75) is 38.1 Å². The number of para-hydroxylation sites is 1. The Balaban J connectivity index is 1.66. The van der Waals surface area contributed by atoms with Crippen molar-refractivity contribution in [2.75, 3.05) is 26.3 Å². The maximum atomic E-state index is 12.4. The third-order valence-electron chi connectivity index (χ3n) is 4.94. The molecule has 0 aliphatic carbocycles. The zero-order chi connectivity index (χ0) is 20.9. The van der Waals surface area contributed by atoms with Gasteiger partial charge in [-0.25, -0.2) is 0 Å². The summed E-state index contributed by atoms with van der Waals surface area (Å²) >= 11 is 0. The first kappa shape index (κ1) is 21.5. The number of hydrogen-bond acceptors (Lipinski definition) is 4. The second-order valence-electron chi connectivity index (χ2n) is 7.54. The monoisotopic (exact) mass is 409 g/mol. The molecular weight excluding hydrogens is 383 g/mol. The van der Waals surface area contributed by atoms with Gasteiger partial charge in [-0.2, -0.15) is 13.2 Å². The summed E-state index contributed by atoms with van der Waals surface area (Å²) in [5.74, 6) is 1.37. The Kier molecular flexibility index (Phi) is 6.70. The smallest absolute Gasteiger partial charge is 0.389 e. The molecule has 0 saturated heterocycles. The van der Waals surface area contributed by atoms with Crippen molar-refractivity contribution in [3.8, 4) is 11.5 Å². The Morgan fingerprint density at radius 2 is 1.90 bits per heavy atom. The molecule has 29 heavy (non-hydrogen) atoms. The third-order valence-corrected chi connectivity index (χ3v) is 4.94. The Hall–Kier alpha value is -2.25. The number of aliphatic hydroxyl groups is 1. The number of alkyl halides is 3. The van der Waals surface area contributed by atoms with Crippen LogP contribution in [-0.4, -0.2) is 42.5 Å². The van der Waals surface area contributed by atoms with Gasteiger partial charge < -0.3 is 14.6 Å². The van der Waals surface area contributed by atoms with Crippen LogP contribution in [0.5, 0.6) is 11.5 Å². The van der Waals surface area contributed by atoms with Gasteiger partial charge in [0.1, 0.15) is 30.3 Å². The van der Waals surface area contributed by atoms with Gasteiger partial charge in [0.05, 0.1) is 0 Å². The lowest BCUT2D eigenvalue weighted by Gasteiger charge is -2.25. The molecular formula is C22H26F3NO3. The molecule has 0 spiro atoms. The van der Waals surface area contributed by atoms with E-state index in [4.69, 9.17) is 9.47 Å². The van der Waals surface area contributed by atoms with Crippen LogP contribution in [0, 0.1) is 0 Å². The second kappa shape index (κ2) is 9.05. The van der Waals surface area contributed by atoms with Crippen molar-refractivity contribution in [1.82, 2.24) is 4.90 Å².